The summed E-state index contributed by atoms with van der Waals surface area (Å²) in [6.45, 7) is 1.12. The van der Waals surface area contributed by atoms with Crippen LogP contribution in [0, 0.1) is 0 Å². The van der Waals surface area contributed by atoms with Gasteiger partial charge >= 0.3 is 6.36 Å². The number of hydrogen-bond donors (Lipinski definition) is 2. The minimum Gasteiger partial charge on any atom is -0.405 e. The topological polar surface area (TPSA) is 55.5 Å². The van der Waals surface area contributed by atoms with E-state index in [2.05, 4.69) is 4.74 Å². The summed E-state index contributed by atoms with van der Waals surface area (Å²) in [4.78, 5) is 0. The third-order valence-electron chi connectivity index (χ3n) is 2.09. The molecule has 0 aromatic heterocycles. The molecule has 0 amide bonds. The lowest BCUT2D eigenvalue weighted by Gasteiger charge is -2.24. The van der Waals surface area contributed by atoms with Gasteiger partial charge in [-0.25, -0.2) is 0 Å². The van der Waals surface area contributed by atoms with Crippen LogP contribution in [0.3, 0.4) is 0 Å². The van der Waals surface area contributed by atoms with E-state index in [4.69, 9.17) is 5.73 Å². The van der Waals surface area contributed by atoms with E-state index in [-0.39, 0.29) is 12.1 Å². The molecule has 0 fully saturated rings. The number of aliphatic hydroxyl groups is 1. The lowest BCUT2D eigenvalue weighted by atomic mass is 9.95. The van der Waals surface area contributed by atoms with Gasteiger partial charge in [-0.3, -0.25) is 0 Å². The highest BCUT2D eigenvalue weighted by Crippen LogP contribution is 2.32. The molecule has 0 saturated heterocycles. The number of benzene rings is 1. The largest absolute Gasteiger partial charge is 0.573 e. The third kappa shape index (κ3) is 3.11. The van der Waals surface area contributed by atoms with Gasteiger partial charge in [-0.2, -0.15) is 0 Å². The summed E-state index contributed by atoms with van der Waals surface area (Å²) in [5.41, 5.74) is 3.74. The van der Waals surface area contributed by atoms with Crippen LogP contribution in [0.15, 0.2) is 24.3 Å². The summed E-state index contributed by atoms with van der Waals surface area (Å²) in [6.07, 6.45) is -4.79. The Balaban J connectivity index is 3.11. The van der Waals surface area contributed by atoms with Gasteiger partial charge in [0.05, 0.1) is 0 Å². The Hall–Kier alpha value is -1.27. The van der Waals surface area contributed by atoms with Crippen molar-refractivity contribution in [3.8, 4) is 5.75 Å². The fraction of sp³-hybridized carbons (Fsp3) is 0.400. The van der Waals surface area contributed by atoms with Gasteiger partial charge in [0.15, 0.2) is 0 Å². The molecule has 90 valence electrons. The van der Waals surface area contributed by atoms with Gasteiger partial charge in [0.25, 0.3) is 0 Å². The molecule has 0 spiro atoms. The molecule has 0 aliphatic rings. The van der Waals surface area contributed by atoms with Crippen molar-refractivity contribution >= 4 is 0 Å². The molecule has 0 radical (unpaired) electrons. The molecule has 1 rings (SSSR count). The second kappa shape index (κ2) is 4.31. The number of hydrogen-bond acceptors (Lipinski definition) is 3. The predicted molar refractivity (Wildman–Crippen MR) is 51.8 cm³/mol. The van der Waals surface area contributed by atoms with Gasteiger partial charge in [-0.15, -0.1) is 13.2 Å². The van der Waals surface area contributed by atoms with Gasteiger partial charge in [0.1, 0.15) is 11.4 Å². The normalized spacial score (nSPS) is 15.6. The molecule has 6 heteroatoms. The first-order valence-corrected chi connectivity index (χ1v) is 4.54. The van der Waals surface area contributed by atoms with Gasteiger partial charge in [-0.05, 0) is 13.0 Å². The van der Waals surface area contributed by atoms with E-state index in [9.17, 15) is 18.3 Å². The average molecular weight is 235 g/mol. The molecule has 0 heterocycles. The van der Waals surface area contributed by atoms with E-state index < -0.39 is 17.7 Å². The van der Waals surface area contributed by atoms with Crippen molar-refractivity contribution < 1.29 is 23.0 Å². The van der Waals surface area contributed by atoms with Crippen molar-refractivity contribution in [3.05, 3.63) is 29.8 Å². The van der Waals surface area contributed by atoms with Gasteiger partial charge in [0, 0.05) is 12.1 Å². The fourth-order valence-corrected chi connectivity index (χ4v) is 1.24. The lowest BCUT2D eigenvalue weighted by Crippen LogP contribution is -2.32. The van der Waals surface area contributed by atoms with E-state index in [1.807, 2.05) is 0 Å². The van der Waals surface area contributed by atoms with Crippen LogP contribution in [-0.2, 0) is 5.60 Å². The van der Waals surface area contributed by atoms with Crippen molar-refractivity contribution in [2.45, 2.75) is 18.9 Å². The van der Waals surface area contributed by atoms with Crippen LogP contribution >= 0.6 is 0 Å². The zero-order valence-corrected chi connectivity index (χ0v) is 8.58. The second-order valence-electron chi connectivity index (χ2n) is 3.52. The summed E-state index contributed by atoms with van der Waals surface area (Å²) < 4.78 is 40.0. The average Bonchev–Trinajstić information content (AvgIpc) is 2.16. The second-order valence-corrected chi connectivity index (χ2v) is 3.52. The molecule has 1 atom stereocenters. The predicted octanol–water partition coefficient (Wildman–Crippen LogP) is 1.75. The molecule has 1 unspecified atom stereocenters. The van der Waals surface area contributed by atoms with Crippen molar-refractivity contribution in [1.82, 2.24) is 0 Å². The minimum absolute atomic E-state index is 0.00910. The van der Waals surface area contributed by atoms with Crippen molar-refractivity contribution in [1.29, 1.82) is 0 Å². The van der Waals surface area contributed by atoms with Gasteiger partial charge in [-0.1, -0.05) is 18.2 Å². The summed E-state index contributed by atoms with van der Waals surface area (Å²) >= 11 is 0. The monoisotopic (exact) mass is 235 g/mol. The molecule has 0 saturated carbocycles. The smallest absolute Gasteiger partial charge is 0.405 e. The molecule has 1 aromatic rings. The highest BCUT2D eigenvalue weighted by Gasteiger charge is 2.34. The number of rotatable bonds is 3. The van der Waals surface area contributed by atoms with Crippen LogP contribution in [-0.4, -0.2) is 18.0 Å². The van der Waals surface area contributed by atoms with Crippen LogP contribution in [0.4, 0.5) is 13.2 Å². The Kier molecular flexibility index (Phi) is 3.44. The quantitative estimate of drug-likeness (QED) is 0.839. The minimum atomic E-state index is -4.79. The van der Waals surface area contributed by atoms with Crippen molar-refractivity contribution in [2.75, 3.05) is 6.54 Å². The molecule has 3 nitrogen and oxygen atoms in total. The van der Waals surface area contributed by atoms with Crippen LogP contribution in [0.5, 0.6) is 5.75 Å². The summed E-state index contributed by atoms with van der Waals surface area (Å²) in [5.74, 6) is -0.439. The van der Waals surface area contributed by atoms with Gasteiger partial charge < -0.3 is 15.6 Å². The molecule has 3 N–H and O–H groups in total. The summed E-state index contributed by atoms with van der Waals surface area (Å²) in [5, 5.41) is 9.80. The van der Waals surface area contributed by atoms with Crippen molar-refractivity contribution in [2.24, 2.45) is 5.73 Å². The first-order chi connectivity index (χ1) is 7.26. The first-order valence-electron chi connectivity index (χ1n) is 4.54. The van der Waals surface area contributed by atoms with Crippen LogP contribution in [0.25, 0.3) is 0 Å². The molecule has 0 aliphatic heterocycles. The third-order valence-corrected chi connectivity index (χ3v) is 2.09. The molecule has 1 aromatic carbocycles. The molecule has 16 heavy (non-hydrogen) atoms. The highest BCUT2D eigenvalue weighted by atomic mass is 19.4. The number of ether oxygens (including phenoxy) is 1. The number of alkyl halides is 3. The van der Waals surface area contributed by atoms with Crippen LogP contribution in [0.2, 0.25) is 0 Å². The Bertz CT molecular complexity index is 363. The maximum Gasteiger partial charge on any atom is 0.573 e. The molecule has 0 aliphatic carbocycles. The van der Waals surface area contributed by atoms with Gasteiger partial charge in [0.2, 0.25) is 0 Å². The van der Waals surface area contributed by atoms with E-state index in [0.29, 0.717) is 0 Å². The SMILES string of the molecule is CC(O)(CN)c1ccccc1OC(F)(F)F. The summed E-state index contributed by atoms with van der Waals surface area (Å²) in [7, 11) is 0. The maximum absolute atomic E-state index is 12.1. The Morgan fingerprint density at radius 1 is 1.31 bits per heavy atom. The summed E-state index contributed by atoms with van der Waals surface area (Å²) in [6, 6.07) is 5.36. The Labute approximate surface area is 90.6 Å². The molecular weight excluding hydrogens is 223 g/mol. The highest BCUT2D eigenvalue weighted by molar-refractivity contribution is 5.37. The van der Waals surface area contributed by atoms with Crippen LogP contribution < -0.4 is 10.5 Å². The maximum atomic E-state index is 12.1. The lowest BCUT2D eigenvalue weighted by molar-refractivity contribution is -0.275. The van der Waals surface area contributed by atoms with E-state index in [1.165, 1.54) is 25.1 Å². The zero-order chi connectivity index (χ0) is 12.4. The fourth-order valence-electron chi connectivity index (χ4n) is 1.24. The zero-order valence-electron chi connectivity index (χ0n) is 8.58. The Morgan fingerprint density at radius 2 is 1.88 bits per heavy atom. The number of halogens is 3. The van der Waals surface area contributed by atoms with Crippen molar-refractivity contribution in [3.63, 3.8) is 0 Å². The number of nitrogens with two attached hydrogens (primary N) is 1. The molecular formula is C10H12F3NO2. The van der Waals surface area contributed by atoms with E-state index >= 15 is 0 Å². The number of para-hydroxylation sites is 1. The molecule has 0 bridgehead atoms. The standard InChI is InChI=1S/C10H12F3NO2/c1-9(15,6-14)7-4-2-3-5-8(7)16-10(11,12)13/h2-5,15H,6,14H2,1H3. The first kappa shape index (κ1) is 12.8. The van der Waals surface area contributed by atoms with Crippen LogP contribution in [0.1, 0.15) is 12.5 Å². The van der Waals surface area contributed by atoms with E-state index in [1.54, 1.807) is 0 Å². The van der Waals surface area contributed by atoms with E-state index in [0.717, 1.165) is 6.07 Å². The Morgan fingerprint density at radius 3 is 2.38 bits per heavy atom.